The zero-order valence-corrected chi connectivity index (χ0v) is 11.9. The third kappa shape index (κ3) is 2.16. The van der Waals surface area contributed by atoms with Gasteiger partial charge in [0.1, 0.15) is 5.82 Å². The Morgan fingerprint density at radius 1 is 1.26 bits per heavy atom. The van der Waals surface area contributed by atoms with Crippen molar-refractivity contribution in [2.24, 2.45) is 18.7 Å². The molecule has 1 saturated carbocycles. The van der Waals surface area contributed by atoms with Crippen LogP contribution in [0.5, 0.6) is 0 Å². The molecule has 0 unspecified atom stereocenters. The number of nitrogens with two attached hydrogens (primary N) is 1. The highest BCUT2D eigenvalue weighted by Gasteiger charge is 2.24. The second kappa shape index (κ2) is 4.97. The van der Waals surface area contributed by atoms with E-state index in [9.17, 15) is 0 Å². The number of hydrogen-bond acceptors (Lipinski definition) is 2. The predicted molar refractivity (Wildman–Crippen MR) is 79.0 cm³/mol. The second-order valence-corrected chi connectivity index (χ2v) is 5.97. The van der Waals surface area contributed by atoms with E-state index in [0.29, 0.717) is 12.5 Å². The highest BCUT2D eigenvalue weighted by atomic mass is 15.1. The second-order valence-electron chi connectivity index (χ2n) is 5.97. The number of aryl methyl sites for hydroxylation is 1. The van der Waals surface area contributed by atoms with E-state index in [1.807, 2.05) is 0 Å². The van der Waals surface area contributed by atoms with Crippen molar-refractivity contribution in [3.63, 3.8) is 0 Å². The van der Waals surface area contributed by atoms with Gasteiger partial charge in [-0.3, -0.25) is 0 Å². The van der Waals surface area contributed by atoms with Gasteiger partial charge in [0.15, 0.2) is 0 Å². The lowest BCUT2D eigenvalue weighted by atomic mass is 9.82. The molecular formula is C16H23N3. The number of benzene rings is 1. The van der Waals surface area contributed by atoms with Crippen molar-refractivity contribution in [2.45, 2.75) is 45.1 Å². The van der Waals surface area contributed by atoms with Crippen LogP contribution in [0.4, 0.5) is 0 Å². The predicted octanol–water partition coefficient (Wildman–Crippen LogP) is 3.33. The number of nitrogens with zero attached hydrogens (tertiary/aromatic N) is 2. The Hall–Kier alpha value is -1.35. The molecule has 1 aromatic carbocycles. The molecule has 0 atom stereocenters. The van der Waals surface area contributed by atoms with Crippen LogP contribution in [-0.2, 0) is 13.6 Å². The molecule has 1 aromatic heterocycles. The van der Waals surface area contributed by atoms with Gasteiger partial charge >= 0.3 is 0 Å². The largest absolute Gasteiger partial charge is 0.331 e. The van der Waals surface area contributed by atoms with Crippen LogP contribution in [0, 0.1) is 5.92 Å². The summed E-state index contributed by atoms with van der Waals surface area (Å²) in [5.41, 5.74) is 9.30. The van der Waals surface area contributed by atoms with E-state index in [2.05, 4.69) is 36.7 Å². The third-order valence-corrected chi connectivity index (χ3v) is 4.63. The van der Waals surface area contributed by atoms with Crippen LogP contribution in [-0.4, -0.2) is 9.55 Å². The molecule has 1 heterocycles. The SMILES string of the molecule is CC1CCC(c2nc3c(CN)cccc3n2C)CC1. The zero-order valence-electron chi connectivity index (χ0n) is 11.9. The van der Waals surface area contributed by atoms with Gasteiger partial charge in [0.2, 0.25) is 0 Å². The van der Waals surface area contributed by atoms with E-state index < -0.39 is 0 Å². The Labute approximate surface area is 114 Å². The molecule has 19 heavy (non-hydrogen) atoms. The Bertz CT molecular complexity index is 577. The molecular weight excluding hydrogens is 234 g/mol. The first-order valence-corrected chi connectivity index (χ1v) is 7.35. The molecule has 0 spiro atoms. The summed E-state index contributed by atoms with van der Waals surface area (Å²) in [5.74, 6) is 2.76. The fourth-order valence-electron chi connectivity index (χ4n) is 3.34. The number of aromatic nitrogens is 2. The first kappa shape index (κ1) is 12.7. The quantitative estimate of drug-likeness (QED) is 0.897. The van der Waals surface area contributed by atoms with Crippen molar-refractivity contribution >= 4 is 11.0 Å². The average molecular weight is 257 g/mol. The maximum absolute atomic E-state index is 5.82. The van der Waals surface area contributed by atoms with Crippen LogP contribution in [0.1, 0.15) is 49.9 Å². The summed E-state index contributed by atoms with van der Waals surface area (Å²) in [6.45, 7) is 2.92. The molecule has 102 valence electrons. The highest BCUT2D eigenvalue weighted by molar-refractivity contribution is 5.79. The number of hydrogen-bond donors (Lipinski definition) is 1. The van der Waals surface area contributed by atoms with E-state index in [1.54, 1.807) is 0 Å². The smallest absolute Gasteiger partial charge is 0.112 e. The molecule has 0 bridgehead atoms. The number of rotatable bonds is 2. The standard InChI is InChI=1S/C16H23N3/c1-11-6-8-12(9-7-11)16-18-15-13(10-17)4-3-5-14(15)19(16)2/h3-5,11-12H,6-10,17H2,1-2H3. The van der Waals surface area contributed by atoms with Crippen molar-refractivity contribution in [1.82, 2.24) is 9.55 Å². The van der Waals surface area contributed by atoms with Crippen molar-refractivity contribution in [1.29, 1.82) is 0 Å². The number of imidazole rings is 1. The molecule has 3 rings (SSSR count). The van der Waals surface area contributed by atoms with Gasteiger partial charge in [0, 0.05) is 19.5 Å². The van der Waals surface area contributed by atoms with Gasteiger partial charge in [-0.15, -0.1) is 0 Å². The monoisotopic (exact) mass is 257 g/mol. The van der Waals surface area contributed by atoms with Crippen LogP contribution in [0.2, 0.25) is 0 Å². The van der Waals surface area contributed by atoms with E-state index in [4.69, 9.17) is 10.7 Å². The maximum Gasteiger partial charge on any atom is 0.112 e. The summed E-state index contributed by atoms with van der Waals surface area (Å²) in [4.78, 5) is 4.91. The summed E-state index contributed by atoms with van der Waals surface area (Å²) < 4.78 is 2.27. The van der Waals surface area contributed by atoms with Crippen LogP contribution in [0.3, 0.4) is 0 Å². The van der Waals surface area contributed by atoms with E-state index in [-0.39, 0.29) is 0 Å². The van der Waals surface area contributed by atoms with E-state index >= 15 is 0 Å². The lowest BCUT2D eigenvalue weighted by Gasteiger charge is -2.25. The van der Waals surface area contributed by atoms with Crippen molar-refractivity contribution in [2.75, 3.05) is 0 Å². The normalized spacial score (nSPS) is 23.9. The van der Waals surface area contributed by atoms with Crippen LogP contribution in [0.15, 0.2) is 18.2 Å². The lowest BCUT2D eigenvalue weighted by molar-refractivity contribution is 0.337. The van der Waals surface area contributed by atoms with Crippen LogP contribution < -0.4 is 5.73 Å². The van der Waals surface area contributed by atoms with Crippen molar-refractivity contribution in [3.8, 4) is 0 Å². The van der Waals surface area contributed by atoms with Crippen molar-refractivity contribution in [3.05, 3.63) is 29.6 Å². The molecule has 3 nitrogen and oxygen atoms in total. The first-order valence-electron chi connectivity index (χ1n) is 7.35. The molecule has 2 aromatic rings. The Morgan fingerprint density at radius 3 is 2.68 bits per heavy atom. The highest BCUT2D eigenvalue weighted by Crippen LogP contribution is 2.36. The van der Waals surface area contributed by atoms with Gasteiger partial charge in [-0.25, -0.2) is 4.98 Å². The van der Waals surface area contributed by atoms with Gasteiger partial charge in [0.25, 0.3) is 0 Å². The number of para-hydroxylation sites is 1. The third-order valence-electron chi connectivity index (χ3n) is 4.63. The molecule has 1 aliphatic carbocycles. The minimum absolute atomic E-state index is 0.565. The fourth-order valence-corrected chi connectivity index (χ4v) is 3.34. The molecule has 0 saturated heterocycles. The van der Waals surface area contributed by atoms with Gasteiger partial charge < -0.3 is 10.3 Å². The lowest BCUT2D eigenvalue weighted by Crippen LogP contribution is -2.14. The molecule has 1 fully saturated rings. The van der Waals surface area contributed by atoms with Crippen LogP contribution in [0.25, 0.3) is 11.0 Å². The molecule has 0 aliphatic heterocycles. The van der Waals surface area contributed by atoms with E-state index in [1.165, 1.54) is 37.0 Å². The maximum atomic E-state index is 5.82. The minimum Gasteiger partial charge on any atom is -0.331 e. The average Bonchev–Trinajstić information content (AvgIpc) is 2.77. The Morgan fingerprint density at radius 2 is 2.00 bits per heavy atom. The molecule has 0 amide bonds. The first-order chi connectivity index (χ1) is 9.20. The van der Waals surface area contributed by atoms with Gasteiger partial charge in [-0.05, 0) is 30.4 Å². The fraction of sp³-hybridized carbons (Fsp3) is 0.562. The summed E-state index contributed by atoms with van der Waals surface area (Å²) in [6, 6.07) is 6.32. The van der Waals surface area contributed by atoms with Crippen LogP contribution >= 0.6 is 0 Å². The summed E-state index contributed by atoms with van der Waals surface area (Å²) in [5, 5.41) is 0. The molecule has 0 radical (unpaired) electrons. The zero-order chi connectivity index (χ0) is 13.4. The Kier molecular flexibility index (Phi) is 3.31. The molecule has 1 aliphatic rings. The van der Waals surface area contributed by atoms with Crippen molar-refractivity contribution < 1.29 is 0 Å². The topological polar surface area (TPSA) is 43.8 Å². The number of fused-ring (bicyclic) bond motifs is 1. The van der Waals surface area contributed by atoms with Gasteiger partial charge in [0.05, 0.1) is 11.0 Å². The molecule has 3 heteroatoms. The summed E-state index contributed by atoms with van der Waals surface area (Å²) in [6.07, 6.45) is 5.21. The van der Waals surface area contributed by atoms with E-state index in [0.717, 1.165) is 17.0 Å². The molecule has 2 N–H and O–H groups in total. The van der Waals surface area contributed by atoms with Gasteiger partial charge in [-0.1, -0.05) is 31.9 Å². The van der Waals surface area contributed by atoms with Gasteiger partial charge in [-0.2, -0.15) is 0 Å². The Balaban J connectivity index is 2.02. The minimum atomic E-state index is 0.565. The summed E-state index contributed by atoms with van der Waals surface area (Å²) in [7, 11) is 2.14. The summed E-state index contributed by atoms with van der Waals surface area (Å²) >= 11 is 0.